The molecular weight excluding hydrogens is 400 g/mol. The van der Waals surface area contributed by atoms with Gasteiger partial charge in [0.05, 0.1) is 13.4 Å². The van der Waals surface area contributed by atoms with Crippen LogP contribution in [0.25, 0.3) is 11.1 Å². The van der Waals surface area contributed by atoms with E-state index < -0.39 is 10.0 Å². The van der Waals surface area contributed by atoms with Gasteiger partial charge in [0.1, 0.15) is 5.75 Å². The molecule has 0 unspecified atom stereocenters. The van der Waals surface area contributed by atoms with E-state index in [1.165, 1.54) is 0 Å². The zero-order valence-corrected chi connectivity index (χ0v) is 17.9. The van der Waals surface area contributed by atoms with E-state index >= 15 is 0 Å². The highest BCUT2D eigenvalue weighted by molar-refractivity contribution is 7.92. The summed E-state index contributed by atoms with van der Waals surface area (Å²) in [6.45, 7) is 1.99. The number of benzene rings is 2. The van der Waals surface area contributed by atoms with Gasteiger partial charge in [-0.15, -0.1) is 0 Å². The minimum atomic E-state index is -3.29. The third-order valence-electron chi connectivity index (χ3n) is 5.47. The van der Waals surface area contributed by atoms with Crippen molar-refractivity contribution in [1.82, 2.24) is 4.98 Å². The molecular formula is C23H24N2O4S. The molecule has 156 valence electrons. The van der Waals surface area contributed by atoms with Gasteiger partial charge in [0.15, 0.2) is 0 Å². The van der Waals surface area contributed by atoms with Crippen LogP contribution in [-0.2, 0) is 10.0 Å². The number of aromatic amines is 1. The first-order valence-electron chi connectivity index (χ1n) is 9.71. The smallest absolute Gasteiger partial charge is 0.255 e. The molecule has 0 bridgehead atoms. The number of H-pyrrole nitrogens is 1. The van der Waals surface area contributed by atoms with Gasteiger partial charge < -0.3 is 9.72 Å². The number of aromatic nitrogens is 1. The van der Waals surface area contributed by atoms with Crippen LogP contribution >= 0.6 is 0 Å². The Morgan fingerprint density at radius 3 is 2.47 bits per heavy atom. The van der Waals surface area contributed by atoms with Crippen molar-refractivity contribution in [2.24, 2.45) is 0 Å². The lowest BCUT2D eigenvalue weighted by Crippen LogP contribution is -2.09. The Labute approximate surface area is 176 Å². The summed E-state index contributed by atoms with van der Waals surface area (Å²) >= 11 is 0. The van der Waals surface area contributed by atoms with Crippen LogP contribution in [-0.4, -0.2) is 26.8 Å². The van der Waals surface area contributed by atoms with Gasteiger partial charge in [-0.1, -0.05) is 12.1 Å². The molecule has 1 fully saturated rings. The molecule has 4 rings (SSSR count). The maximum Gasteiger partial charge on any atom is 0.255 e. The van der Waals surface area contributed by atoms with Crippen LogP contribution in [0.3, 0.4) is 0 Å². The van der Waals surface area contributed by atoms with Crippen molar-refractivity contribution in [3.8, 4) is 16.9 Å². The van der Waals surface area contributed by atoms with Crippen LogP contribution in [0.5, 0.6) is 5.75 Å². The molecule has 1 aliphatic rings. The Balaban J connectivity index is 1.65. The van der Waals surface area contributed by atoms with E-state index in [1.807, 2.05) is 37.3 Å². The third-order valence-corrected chi connectivity index (χ3v) is 6.08. The molecule has 2 aromatic carbocycles. The second kappa shape index (κ2) is 7.65. The lowest BCUT2D eigenvalue weighted by atomic mass is 9.96. The molecule has 30 heavy (non-hydrogen) atoms. The minimum Gasteiger partial charge on any atom is -0.496 e. The summed E-state index contributed by atoms with van der Waals surface area (Å²) in [6.07, 6.45) is 3.74. The lowest BCUT2D eigenvalue weighted by Gasteiger charge is -2.14. The molecule has 2 N–H and O–H groups in total. The third kappa shape index (κ3) is 4.11. The van der Waals surface area contributed by atoms with Crippen LogP contribution < -0.4 is 15.0 Å². The number of rotatable bonds is 6. The average Bonchev–Trinajstić information content (AvgIpc) is 3.48. The lowest BCUT2D eigenvalue weighted by molar-refractivity contribution is 0.406. The fourth-order valence-electron chi connectivity index (χ4n) is 4.08. The number of methoxy groups -OCH3 is 1. The second-order valence-electron chi connectivity index (χ2n) is 7.77. The number of aryl methyl sites for hydroxylation is 1. The van der Waals surface area contributed by atoms with Gasteiger partial charge in [0, 0.05) is 17.4 Å². The second-order valence-corrected chi connectivity index (χ2v) is 9.52. The maximum atomic E-state index is 12.3. The Hall–Kier alpha value is -3.06. The van der Waals surface area contributed by atoms with E-state index in [4.69, 9.17) is 4.74 Å². The summed E-state index contributed by atoms with van der Waals surface area (Å²) in [7, 11) is -1.62. The predicted octanol–water partition coefficient (Wildman–Crippen LogP) is 4.00. The van der Waals surface area contributed by atoms with Gasteiger partial charge in [0.2, 0.25) is 10.0 Å². The predicted molar refractivity (Wildman–Crippen MR) is 119 cm³/mol. The molecule has 0 amide bonds. The first-order valence-corrected chi connectivity index (χ1v) is 11.6. The normalized spacial score (nSPS) is 18.1. The fourth-order valence-corrected chi connectivity index (χ4v) is 4.64. The maximum absolute atomic E-state index is 12.3. The van der Waals surface area contributed by atoms with Crippen molar-refractivity contribution < 1.29 is 13.2 Å². The molecule has 1 heterocycles. The first-order chi connectivity index (χ1) is 14.3. The van der Waals surface area contributed by atoms with E-state index in [1.54, 1.807) is 25.4 Å². The van der Waals surface area contributed by atoms with E-state index in [9.17, 15) is 13.2 Å². The molecule has 2 atom stereocenters. The molecule has 3 aromatic rings. The van der Waals surface area contributed by atoms with Gasteiger partial charge in [0.25, 0.3) is 5.56 Å². The van der Waals surface area contributed by atoms with Crippen molar-refractivity contribution in [3.63, 3.8) is 0 Å². The number of ether oxygens (including phenoxy) is 1. The van der Waals surface area contributed by atoms with E-state index in [0.717, 1.165) is 40.7 Å². The zero-order valence-electron chi connectivity index (χ0n) is 17.1. The molecule has 1 aliphatic carbocycles. The van der Waals surface area contributed by atoms with Crippen LogP contribution in [0.2, 0.25) is 0 Å². The van der Waals surface area contributed by atoms with Crippen molar-refractivity contribution in [3.05, 3.63) is 81.8 Å². The van der Waals surface area contributed by atoms with E-state index in [2.05, 4.69) is 15.8 Å². The summed E-state index contributed by atoms with van der Waals surface area (Å²) < 4.78 is 31.0. The molecule has 0 radical (unpaired) electrons. The fraction of sp³-hybridized carbons (Fsp3) is 0.261. The monoisotopic (exact) mass is 424 g/mol. The van der Waals surface area contributed by atoms with Crippen molar-refractivity contribution >= 4 is 15.7 Å². The van der Waals surface area contributed by atoms with Crippen molar-refractivity contribution in [2.45, 2.75) is 25.2 Å². The summed E-state index contributed by atoms with van der Waals surface area (Å²) in [5, 5.41) is 0. The summed E-state index contributed by atoms with van der Waals surface area (Å²) in [5.74, 6) is 1.47. The Kier molecular flexibility index (Phi) is 5.15. The van der Waals surface area contributed by atoms with Crippen molar-refractivity contribution in [1.29, 1.82) is 0 Å². The van der Waals surface area contributed by atoms with E-state index in [0.29, 0.717) is 17.2 Å². The zero-order chi connectivity index (χ0) is 21.5. The highest BCUT2D eigenvalue weighted by atomic mass is 32.2. The van der Waals surface area contributed by atoms with E-state index in [-0.39, 0.29) is 11.5 Å². The Bertz CT molecular complexity index is 1250. The Morgan fingerprint density at radius 2 is 1.83 bits per heavy atom. The molecule has 0 aliphatic heterocycles. The highest BCUT2D eigenvalue weighted by Crippen LogP contribution is 2.57. The minimum absolute atomic E-state index is 0.116. The average molecular weight is 425 g/mol. The van der Waals surface area contributed by atoms with Crippen LogP contribution in [0.15, 0.2) is 59.5 Å². The molecule has 7 heteroatoms. The summed E-state index contributed by atoms with van der Waals surface area (Å²) in [6, 6.07) is 15.2. The first kappa shape index (κ1) is 20.2. The van der Waals surface area contributed by atoms with Crippen LogP contribution in [0, 0.1) is 6.92 Å². The highest BCUT2D eigenvalue weighted by Gasteiger charge is 2.41. The van der Waals surface area contributed by atoms with Crippen LogP contribution in [0.1, 0.15) is 34.9 Å². The molecule has 1 saturated carbocycles. The Morgan fingerprint density at radius 1 is 1.10 bits per heavy atom. The molecule has 0 spiro atoms. The molecule has 0 saturated heterocycles. The number of anilines is 1. The largest absolute Gasteiger partial charge is 0.496 e. The van der Waals surface area contributed by atoms with Gasteiger partial charge in [-0.25, -0.2) is 8.42 Å². The molecule has 1 aromatic heterocycles. The van der Waals surface area contributed by atoms with Gasteiger partial charge in [-0.05, 0) is 83.8 Å². The number of nitrogens with one attached hydrogen (secondary N) is 2. The summed E-state index contributed by atoms with van der Waals surface area (Å²) in [5.41, 5.74) is 5.19. The van der Waals surface area contributed by atoms with Gasteiger partial charge >= 0.3 is 0 Å². The number of sulfonamides is 1. The van der Waals surface area contributed by atoms with Crippen LogP contribution in [0.4, 0.5) is 5.69 Å². The standard InChI is InChI=1S/C23H24N2O4S/c1-14-11-16(18-5-4-10-24-23(18)26)12-21(22(14)29-2)20-13-19(20)15-6-8-17(9-7-15)25-30(3,27)28/h4-12,19-20,25H,13H2,1-3H3,(H,24,26)/t19-,20-/m1/s1. The summed E-state index contributed by atoms with van der Waals surface area (Å²) in [4.78, 5) is 15.0. The number of pyridine rings is 1. The van der Waals surface area contributed by atoms with Crippen molar-refractivity contribution in [2.75, 3.05) is 18.1 Å². The van der Waals surface area contributed by atoms with Gasteiger partial charge in [-0.2, -0.15) is 0 Å². The van der Waals surface area contributed by atoms with Gasteiger partial charge in [-0.3, -0.25) is 9.52 Å². The molecule has 6 nitrogen and oxygen atoms in total. The number of hydrogen-bond acceptors (Lipinski definition) is 4. The topological polar surface area (TPSA) is 88.3 Å². The number of hydrogen-bond donors (Lipinski definition) is 2. The SMILES string of the molecule is COc1c(C)cc(-c2ccc[nH]c2=O)cc1[C@@H]1C[C@@H]1c1ccc(NS(C)(=O)=O)cc1. The quantitative estimate of drug-likeness (QED) is 0.626.